The lowest BCUT2D eigenvalue weighted by atomic mass is 9.87. The molecule has 17 nitrogen and oxygen atoms in total. The molecule has 0 spiro atoms. The molecule has 3 aliphatic heterocycles. The third-order valence-electron chi connectivity index (χ3n) is 12.3. The number of anilines is 4. The zero-order chi connectivity index (χ0) is 48.4. The van der Waals surface area contributed by atoms with E-state index in [0.717, 1.165) is 16.4 Å². The highest BCUT2D eigenvalue weighted by Gasteiger charge is 2.38. The van der Waals surface area contributed by atoms with E-state index in [1.54, 1.807) is 40.7 Å². The highest BCUT2D eigenvalue weighted by atomic mass is 32.2. The summed E-state index contributed by atoms with van der Waals surface area (Å²) in [7, 11) is -2.96. The summed E-state index contributed by atoms with van der Waals surface area (Å²) in [4.78, 5) is 66.8. The van der Waals surface area contributed by atoms with Gasteiger partial charge in [-0.1, -0.05) is 6.92 Å². The van der Waals surface area contributed by atoms with Crippen LogP contribution < -0.4 is 25.2 Å². The molecule has 356 valence electrons. The Morgan fingerprint density at radius 1 is 1.01 bits per heavy atom. The number of hydrogen-bond donors (Lipinski definition) is 5. The number of rotatable bonds is 15. The Labute approximate surface area is 384 Å². The highest BCUT2D eigenvalue weighted by Crippen LogP contribution is 2.35. The van der Waals surface area contributed by atoms with Crippen molar-refractivity contribution in [1.29, 1.82) is 0 Å². The number of hydrogen-bond acceptors (Lipinski definition) is 12. The number of aliphatic hydroxyl groups is 1. The molecule has 0 aliphatic carbocycles. The maximum absolute atomic E-state index is 15.8. The fourth-order valence-corrected chi connectivity index (χ4v) is 9.15. The van der Waals surface area contributed by atoms with Crippen molar-refractivity contribution in [2.75, 3.05) is 72.7 Å². The van der Waals surface area contributed by atoms with Crippen LogP contribution in [0.25, 0.3) is 11.6 Å². The summed E-state index contributed by atoms with van der Waals surface area (Å²) in [5.74, 6) is -5.96. The van der Waals surface area contributed by atoms with E-state index in [1.165, 1.54) is 37.7 Å². The van der Waals surface area contributed by atoms with E-state index in [2.05, 4.69) is 32.3 Å². The Morgan fingerprint density at radius 3 is 2.37 bits per heavy atom. The van der Waals surface area contributed by atoms with Gasteiger partial charge in [-0.15, -0.1) is 0 Å². The number of pyridine rings is 1. The van der Waals surface area contributed by atoms with Gasteiger partial charge in [0.2, 0.25) is 23.5 Å². The fourth-order valence-electron chi connectivity index (χ4n) is 8.22. The molecule has 5 N–H and O–H groups in total. The van der Waals surface area contributed by atoms with Crippen LogP contribution in [0, 0.1) is 23.3 Å². The SMILES string of the molecule is C=Nc1[nH]cc(C(=O)c2c(F)ccc(NS(=O)(=O)N(C)CC)c2F)c1/C=C(\C)c1cnc(N2CCN(C(=O)CC3(O)CCN(c4ccc(NC5CCC(=O)NC5=O)cc4F)CC3)CC2)c(F)c1. The molecule has 0 saturated carbocycles. The Morgan fingerprint density at radius 2 is 1.73 bits per heavy atom. The molecule has 3 saturated heterocycles. The molecule has 3 amide bonds. The van der Waals surface area contributed by atoms with Crippen molar-refractivity contribution in [3.8, 4) is 0 Å². The Hall–Kier alpha value is -6.65. The predicted molar refractivity (Wildman–Crippen MR) is 244 cm³/mol. The molecule has 1 atom stereocenters. The first-order chi connectivity index (χ1) is 31.8. The van der Waals surface area contributed by atoms with Gasteiger partial charge in [0.15, 0.2) is 17.5 Å². The minimum absolute atomic E-state index is 0.0409. The Kier molecular flexibility index (Phi) is 14.2. The van der Waals surface area contributed by atoms with Gasteiger partial charge in [0.1, 0.15) is 23.5 Å². The molecule has 22 heteroatoms. The van der Waals surface area contributed by atoms with Crippen molar-refractivity contribution < 1.29 is 50.3 Å². The van der Waals surface area contributed by atoms with Gasteiger partial charge in [0, 0.05) is 88.5 Å². The number of imide groups is 1. The summed E-state index contributed by atoms with van der Waals surface area (Å²) in [6.45, 7) is 8.27. The number of amides is 3. The number of H-pyrrole nitrogens is 1. The van der Waals surface area contributed by atoms with Gasteiger partial charge in [-0.3, -0.25) is 29.2 Å². The van der Waals surface area contributed by atoms with Crippen molar-refractivity contribution >= 4 is 80.8 Å². The lowest BCUT2D eigenvalue weighted by Gasteiger charge is -2.41. The first-order valence-electron chi connectivity index (χ1n) is 21.5. The number of nitrogens with one attached hydrogen (secondary N) is 4. The van der Waals surface area contributed by atoms with Crippen molar-refractivity contribution in [3.05, 3.63) is 94.3 Å². The lowest BCUT2D eigenvalue weighted by Crippen LogP contribution is -2.52. The van der Waals surface area contributed by atoms with Crippen LogP contribution in [0.2, 0.25) is 0 Å². The molecule has 1 unspecified atom stereocenters. The van der Waals surface area contributed by atoms with Gasteiger partial charge in [0.05, 0.1) is 29.0 Å². The van der Waals surface area contributed by atoms with E-state index >= 15 is 17.6 Å². The van der Waals surface area contributed by atoms with E-state index in [4.69, 9.17) is 0 Å². The molecule has 3 aliphatic rings. The smallest absolute Gasteiger partial charge is 0.301 e. The second-order valence-electron chi connectivity index (χ2n) is 16.7. The van der Waals surface area contributed by atoms with Crippen LogP contribution in [0.3, 0.4) is 0 Å². The molecule has 5 heterocycles. The van der Waals surface area contributed by atoms with Gasteiger partial charge in [0.25, 0.3) is 0 Å². The van der Waals surface area contributed by atoms with Gasteiger partial charge in [-0.05, 0) is 86.5 Å². The van der Waals surface area contributed by atoms with E-state index in [0.29, 0.717) is 42.0 Å². The summed E-state index contributed by atoms with van der Waals surface area (Å²) < 4.78 is 89.9. The average molecular weight is 951 g/mol. The Balaban J connectivity index is 0.950. The number of carbonyl (C=O) groups excluding carboxylic acids is 4. The van der Waals surface area contributed by atoms with Crippen LogP contribution in [0.5, 0.6) is 0 Å². The third kappa shape index (κ3) is 10.5. The number of aromatic amines is 1. The molecule has 0 bridgehead atoms. The number of aliphatic imine (C=N–C) groups is 1. The van der Waals surface area contributed by atoms with Crippen molar-refractivity contribution in [2.24, 2.45) is 4.99 Å². The maximum Gasteiger partial charge on any atom is 0.301 e. The molecule has 7 rings (SSSR count). The Bertz CT molecular complexity index is 2750. The number of carbonyl (C=O) groups is 4. The van der Waals surface area contributed by atoms with Gasteiger partial charge < -0.3 is 30.1 Å². The molecule has 4 aromatic rings. The van der Waals surface area contributed by atoms with E-state index in [-0.39, 0.29) is 93.0 Å². The molecular weight excluding hydrogens is 901 g/mol. The number of piperidine rings is 2. The molecule has 2 aromatic heterocycles. The van der Waals surface area contributed by atoms with E-state index in [1.807, 2.05) is 4.72 Å². The molecule has 67 heavy (non-hydrogen) atoms. The summed E-state index contributed by atoms with van der Waals surface area (Å²) in [6, 6.07) is 6.73. The molecule has 0 radical (unpaired) electrons. The predicted octanol–water partition coefficient (Wildman–Crippen LogP) is 4.99. The topological polar surface area (TPSA) is 213 Å². The normalized spacial score (nSPS) is 18.0. The zero-order valence-corrected chi connectivity index (χ0v) is 37.8. The second-order valence-corrected chi connectivity index (χ2v) is 18.5. The third-order valence-corrected chi connectivity index (χ3v) is 13.9. The number of ketones is 1. The van der Waals surface area contributed by atoms with Crippen LogP contribution in [0.15, 0.2) is 53.8 Å². The largest absolute Gasteiger partial charge is 0.389 e. The van der Waals surface area contributed by atoms with E-state index < -0.39 is 68.1 Å². The number of aromatic nitrogens is 2. The number of piperazine rings is 1. The highest BCUT2D eigenvalue weighted by molar-refractivity contribution is 7.90. The fraction of sp³-hybridized carbons (Fsp3) is 0.378. The number of halogens is 4. The molecular formula is C45H50F4N10O7S. The summed E-state index contributed by atoms with van der Waals surface area (Å²) in [6.07, 6.45) is 4.81. The van der Waals surface area contributed by atoms with Crippen LogP contribution in [-0.2, 0) is 24.6 Å². The van der Waals surface area contributed by atoms with Gasteiger partial charge in [-0.2, -0.15) is 12.7 Å². The number of nitrogens with zero attached hydrogens (tertiary/aromatic N) is 6. The maximum atomic E-state index is 15.8. The first-order valence-corrected chi connectivity index (χ1v) is 22.9. The van der Waals surface area contributed by atoms with Gasteiger partial charge in [-0.25, -0.2) is 27.5 Å². The van der Waals surface area contributed by atoms with Crippen LogP contribution in [0.1, 0.15) is 73.0 Å². The minimum Gasteiger partial charge on any atom is -0.389 e. The average Bonchev–Trinajstić information content (AvgIpc) is 3.70. The van der Waals surface area contributed by atoms with Crippen LogP contribution in [0.4, 0.5) is 46.3 Å². The summed E-state index contributed by atoms with van der Waals surface area (Å²) in [5, 5.41) is 16.6. The molecule has 3 fully saturated rings. The number of allylic oxidation sites excluding steroid dienone is 1. The van der Waals surface area contributed by atoms with Crippen molar-refractivity contribution in [1.82, 2.24) is 24.5 Å². The number of benzene rings is 2. The first kappa shape index (κ1) is 48.3. The van der Waals surface area contributed by atoms with Gasteiger partial charge >= 0.3 is 10.2 Å². The zero-order valence-electron chi connectivity index (χ0n) is 37.0. The second kappa shape index (κ2) is 19.7. The van der Waals surface area contributed by atoms with E-state index in [9.17, 15) is 32.7 Å². The monoisotopic (exact) mass is 950 g/mol. The van der Waals surface area contributed by atoms with Crippen LogP contribution in [-0.4, -0.2) is 127 Å². The standard InChI is InChI=1S/C45H50F4N10O7S/c1-5-56(4)67(65,66)55-34-8-7-31(46)39(40(34)49)41(62)30-25-51-42(50-3)29(30)20-26(2)27-21-33(48)43(52-24-27)59-18-16-58(17-19-59)38(61)23-45(64)12-14-57(15-13-45)36-10-6-28(22-32(36)47)53-35-9-11-37(60)54-44(35)63/h6-8,10,20-22,24-25,35,51,53,55,64H,3,5,9,11-19,23H2,1-2,4H3,(H,54,60,63)/b26-20+. The summed E-state index contributed by atoms with van der Waals surface area (Å²) >= 11 is 0. The van der Waals surface area contributed by atoms with Crippen molar-refractivity contribution in [2.45, 2.75) is 57.6 Å². The summed E-state index contributed by atoms with van der Waals surface area (Å²) in [5.41, 5.74) is -1.70. The van der Waals surface area contributed by atoms with Crippen LogP contribution >= 0.6 is 0 Å². The molecule has 2 aromatic carbocycles. The quantitative estimate of drug-likeness (QED) is 0.0464. The minimum atomic E-state index is -4.22. The lowest BCUT2D eigenvalue weighted by molar-refractivity contribution is -0.138. The van der Waals surface area contributed by atoms with Crippen molar-refractivity contribution in [3.63, 3.8) is 0 Å².